The average Bonchev–Trinajstić information content (AvgIpc) is 2.90. The summed E-state index contributed by atoms with van der Waals surface area (Å²) in [6.45, 7) is 6.12. The molecule has 0 saturated heterocycles. The van der Waals surface area contributed by atoms with E-state index in [9.17, 15) is 4.79 Å². The van der Waals surface area contributed by atoms with Crippen molar-refractivity contribution in [2.75, 3.05) is 7.05 Å². The molecule has 6 heteroatoms. The number of carbonyl (C=O) groups excluding carboxylic acids is 1. The van der Waals surface area contributed by atoms with E-state index in [0.717, 1.165) is 27.6 Å². The largest absolute Gasteiger partial charge is 0.338 e. The summed E-state index contributed by atoms with van der Waals surface area (Å²) in [4.78, 5) is 20.0. The van der Waals surface area contributed by atoms with Gasteiger partial charge in [-0.1, -0.05) is 36.2 Å². The highest BCUT2D eigenvalue weighted by atomic mass is 35.5. The lowest BCUT2D eigenvalue weighted by atomic mass is 10.1. The fourth-order valence-electron chi connectivity index (χ4n) is 2.35. The van der Waals surface area contributed by atoms with Crippen molar-refractivity contribution in [3.05, 3.63) is 49.4 Å². The van der Waals surface area contributed by atoms with Crippen molar-refractivity contribution < 1.29 is 4.79 Å². The number of amides is 1. The van der Waals surface area contributed by atoms with Gasteiger partial charge in [-0.2, -0.15) is 0 Å². The van der Waals surface area contributed by atoms with Crippen LogP contribution in [0.15, 0.2) is 18.2 Å². The summed E-state index contributed by atoms with van der Waals surface area (Å²) in [5, 5.41) is 2.07. The molecule has 0 fully saturated rings. The van der Waals surface area contributed by atoms with E-state index in [0.29, 0.717) is 16.5 Å². The minimum absolute atomic E-state index is 0.00284. The molecule has 3 nitrogen and oxygen atoms in total. The molecule has 1 amide bonds. The molecule has 2 rings (SSSR count). The molecule has 23 heavy (non-hydrogen) atoms. The Hall–Kier alpha value is -1.10. The fourth-order valence-corrected chi connectivity index (χ4v) is 3.77. The Morgan fingerprint density at radius 3 is 2.61 bits per heavy atom. The van der Waals surface area contributed by atoms with Crippen LogP contribution in [0, 0.1) is 6.92 Å². The number of aryl methyl sites for hydroxylation is 2. The number of carbonyl (C=O) groups is 1. The number of hydrogen-bond acceptors (Lipinski definition) is 3. The van der Waals surface area contributed by atoms with Crippen LogP contribution >= 0.6 is 34.5 Å². The van der Waals surface area contributed by atoms with E-state index in [1.165, 1.54) is 0 Å². The lowest BCUT2D eigenvalue weighted by molar-refractivity contribution is -0.131. The van der Waals surface area contributed by atoms with Crippen LogP contribution in [0.2, 0.25) is 10.0 Å². The summed E-state index contributed by atoms with van der Waals surface area (Å²) in [5.41, 5.74) is 1.87. The molecule has 1 heterocycles. The molecule has 0 aliphatic rings. The predicted molar refractivity (Wildman–Crippen MR) is 97.6 cm³/mol. The van der Waals surface area contributed by atoms with Crippen molar-refractivity contribution in [1.29, 1.82) is 0 Å². The van der Waals surface area contributed by atoms with Crippen LogP contribution in [0.5, 0.6) is 0 Å². The highest BCUT2D eigenvalue weighted by molar-refractivity contribution is 7.11. The third-order valence-electron chi connectivity index (χ3n) is 3.87. The first-order valence-electron chi connectivity index (χ1n) is 7.49. The lowest BCUT2D eigenvalue weighted by Crippen LogP contribution is -2.30. The Labute approximate surface area is 151 Å². The zero-order chi connectivity index (χ0) is 17.1. The van der Waals surface area contributed by atoms with Crippen molar-refractivity contribution in [2.24, 2.45) is 0 Å². The first-order chi connectivity index (χ1) is 10.8. The molecule has 1 unspecified atom stereocenters. The van der Waals surface area contributed by atoms with Gasteiger partial charge in [0.1, 0.15) is 0 Å². The summed E-state index contributed by atoms with van der Waals surface area (Å²) in [6.07, 6.45) is 1.22. The van der Waals surface area contributed by atoms with Crippen LogP contribution < -0.4 is 0 Å². The van der Waals surface area contributed by atoms with Crippen molar-refractivity contribution in [2.45, 2.75) is 39.7 Å². The number of rotatable bonds is 5. The van der Waals surface area contributed by atoms with Gasteiger partial charge < -0.3 is 4.90 Å². The standard InChI is InChI=1S/C17H20Cl2N2OS/c1-5-15-20-10(2)17(23-15)11(3)21(4)16(22)9-12-6-7-13(18)14(19)8-12/h6-8,11H,5,9H2,1-4H3. The summed E-state index contributed by atoms with van der Waals surface area (Å²) >= 11 is 13.6. The summed E-state index contributed by atoms with van der Waals surface area (Å²) in [6, 6.07) is 5.30. The molecule has 1 aromatic heterocycles. The lowest BCUT2D eigenvalue weighted by Gasteiger charge is -2.24. The van der Waals surface area contributed by atoms with Crippen molar-refractivity contribution >= 4 is 40.4 Å². The minimum atomic E-state index is 0.00284. The van der Waals surface area contributed by atoms with Crippen LogP contribution in [0.3, 0.4) is 0 Å². The van der Waals surface area contributed by atoms with Gasteiger partial charge in [-0.15, -0.1) is 11.3 Å². The number of benzene rings is 1. The summed E-state index contributed by atoms with van der Waals surface area (Å²) in [7, 11) is 1.83. The molecule has 0 aliphatic heterocycles. The number of nitrogens with zero attached hydrogens (tertiary/aromatic N) is 2. The third kappa shape index (κ3) is 4.25. The van der Waals surface area contributed by atoms with Gasteiger partial charge in [-0.05, 0) is 38.0 Å². The Bertz CT molecular complexity index is 715. The van der Waals surface area contributed by atoms with Gasteiger partial charge in [-0.3, -0.25) is 4.79 Å². The quantitative estimate of drug-likeness (QED) is 0.734. The predicted octanol–water partition coefficient (Wildman–Crippen LogP) is 5.08. The number of likely N-dealkylation sites (N-methyl/N-ethyl adjacent to an activating group) is 1. The maximum atomic E-state index is 12.5. The monoisotopic (exact) mass is 370 g/mol. The second-order valence-corrected chi connectivity index (χ2v) is 7.45. The molecule has 124 valence electrons. The summed E-state index contributed by atoms with van der Waals surface area (Å²) in [5.74, 6) is 0.0433. The number of thiazole rings is 1. The summed E-state index contributed by atoms with van der Waals surface area (Å²) < 4.78 is 0. The molecule has 0 bridgehead atoms. The third-order valence-corrected chi connectivity index (χ3v) is 6.08. The Kier molecular flexibility index (Phi) is 6.06. The Morgan fingerprint density at radius 1 is 1.35 bits per heavy atom. The van der Waals surface area contributed by atoms with Crippen LogP contribution in [0.25, 0.3) is 0 Å². The first-order valence-corrected chi connectivity index (χ1v) is 9.06. The van der Waals surface area contributed by atoms with Gasteiger partial charge in [0.2, 0.25) is 5.91 Å². The van der Waals surface area contributed by atoms with E-state index in [4.69, 9.17) is 23.2 Å². The molecule has 0 spiro atoms. The molecular weight excluding hydrogens is 351 g/mol. The highest BCUT2D eigenvalue weighted by Gasteiger charge is 2.22. The van der Waals surface area contributed by atoms with E-state index < -0.39 is 0 Å². The van der Waals surface area contributed by atoms with E-state index in [1.54, 1.807) is 28.4 Å². The Morgan fingerprint density at radius 2 is 2.04 bits per heavy atom. The Balaban J connectivity index is 2.11. The van der Waals surface area contributed by atoms with E-state index >= 15 is 0 Å². The SMILES string of the molecule is CCc1nc(C)c(C(C)N(C)C(=O)Cc2ccc(Cl)c(Cl)c2)s1. The zero-order valence-electron chi connectivity index (χ0n) is 13.7. The van der Waals surface area contributed by atoms with Crippen LogP contribution in [0.1, 0.15) is 41.0 Å². The first kappa shape index (κ1) is 18.2. The highest BCUT2D eigenvalue weighted by Crippen LogP contribution is 2.29. The average molecular weight is 371 g/mol. The van der Waals surface area contributed by atoms with E-state index in [2.05, 4.69) is 11.9 Å². The molecule has 0 N–H and O–H groups in total. The maximum Gasteiger partial charge on any atom is 0.227 e. The van der Waals surface area contributed by atoms with Crippen LogP contribution in [-0.4, -0.2) is 22.8 Å². The van der Waals surface area contributed by atoms with Crippen molar-refractivity contribution in [3.63, 3.8) is 0 Å². The number of halogens is 2. The second-order valence-electron chi connectivity index (χ2n) is 5.52. The fraction of sp³-hybridized carbons (Fsp3) is 0.412. The van der Waals surface area contributed by atoms with Gasteiger partial charge in [0, 0.05) is 11.9 Å². The topological polar surface area (TPSA) is 33.2 Å². The minimum Gasteiger partial charge on any atom is -0.338 e. The molecule has 0 radical (unpaired) electrons. The van der Waals surface area contributed by atoms with E-state index in [1.807, 2.05) is 27.0 Å². The van der Waals surface area contributed by atoms with Crippen molar-refractivity contribution in [3.8, 4) is 0 Å². The molecular formula is C17H20Cl2N2OS. The molecule has 0 aliphatic carbocycles. The second kappa shape index (κ2) is 7.65. The normalized spacial score (nSPS) is 12.3. The van der Waals surface area contributed by atoms with Crippen molar-refractivity contribution in [1.82, 2.24) is 9.88 Å². The van der Waals surface area contributed by atoms with Gasteiger partial charge in [0.15, 0.2) is 0 Å². The molecule has 1 aromatic carbocycles. The van der Waals surface area contributed by atoms with E-state index in [-0.39, 0.29) is 11.9 Å². The molecule has 2 aromatic rings. The zero-order valence-corrected chi connectivity index (χ0v) is 16.0. The smallest absolute Gasteiger partial charge is 0.227 e. The van der Waals surface area contributed by atoms with Crippen LogP contribution in [-0.2, 0) is 17.6 Å². The molecule has 1 atom stereocenters. The van der Waals surface area contributed by atoms with Gasteiger partial charge in [0.25, 0.3) is 0 Å². The number of hydrogen-bond donors (Lipinski definition) is 0. The number of aromatic nitrogens is 1. The van der Waals surface area contributed by atoms with Gasteiger partial charge in [-0.25, -0.2) is 4.98 Å². The van der Waals surface area contributed by atoms with Gasteiger partial charge >= 0.3 is 0 Å². The molecule has 0 saturated carbocycles. The van der Waals surface area contributed by atoms with Crippen LogP contribution in [0.4, 0.5) is 0 Å². The maximum absolute atomic E-state index is 12.5. The van der Waals surface area contributed by atoms with Gasteiger partial charge in [0.05, 0.1) is 33.2 Å².